The maximum Gasteiger partial charge on any atom is 0.133 e. The van der Waals surface area contributed by atoms with Crippen molar-refractivity contribution in [2.75, 3.05) is 6.61 Å². The van der Waals surface area contributed by atoms with Gasteiger partial charge in [-0.1, -0.05) is 11.2 Å². The van der Waals surface area contributed by atoms with Crippen LogP contribution in [-0.4, -0.2) is 19.0 Å². The van der Waals surface area contributed by atoms with E-state index in [4.69, 9.17) is 4.84 Å². The van der Waals surface area contributed by atoms with E-state index < -0.39 is 0 Å². The number of allylic oxidation sites excluding steroid dienone is 1. The first kappa shape index (κ1) is 5.65. The molecular formula is C7H7N2O. The highest BCUT2D eigenvalue weighted by molar-refractivity contribution is 5.91. The van der Waals surface area contributed by atoms with Crippen molar-refractivity contribution in [3.8, 4) is 0 Å². The van der Waals surface area contributed by atoms with Crippen LogP contribution in [0.2, 0.25) is 0 Å². The predicted octanol–water partition coefficient (Wildman–Crippen LogP) is 0.854. The first-order valence-corrected chi connectivity index (χ1v) is 3.20. The van der Waals surface area contributed by atoms with Gasteiger partial charge in [0.15, 0.2) is 0 Å². The molecule has 0 aromatic carbocycles. The molecule has 0 fully saturated rings. The minimum atomic E-state index is -0.144. The van der Waals surface area contributed by atoms with Crippen molar-refractivity contribution < 1.29 is 4.84 Å². The number of rotatable bonds is 0. The molecule has 0 aromatic rings. The molecule has 51 valence electrons. The van der Waals surface area contributed by atoms with Gasteiger partial charge in [-0.3, -0.25) is 4.99 Å². The Labute approximate surface area is 59.1 Å². The lowest BCUT2D eigenvalue weighted by Gasteiger charge is -2.16. The zero-order chi connectivity index (χ0) is 6.86. The molecule has 2 aliphatic rings. The average Bonchev–Trinajstić information content (AvgIpc) is 2.39. The third kappa shape index (κ3) is 0.744. The molecule has 0 saturated heterocycles. The number of aliphatic imine (C=N–C) groups is 1. The van der Waals surface area contributed by atoms with E-state index in [1.807, 2.05) is 12.3 Å². The van der Waals surface area contributed by atoms with Crippen molar-refractivity contribution in [2.45, 2.75) is 6.42 Å². The van der Waals surface area contributed by atoms with E-state index >= 15 is 0 Å². The second-order valence-electron chi connectivity index (χ2n) is 2.50. The second-order valence-corrected chi connectivity index (χ2v) is 2.50. The summed E-state index contributed by atoms with van der Waals surface area (Å²) in [6, 6.07) is 0. The molecule has 1 atom stereocenters. The topological polar surface area (TPSA) is 34.0 Å². The summed E-state index contributed by atoms with van der Waals surface area (Å²) < 4.78 is 0. The molecule has 0 aliphatic carbocycles. The van der Waals surface area contributed by atoms with Crippen molar-refractivity contribution in [3.05, 3.63) is 12.3 Å². The van der Waals surface area contributed by atoms with Gasteiger partial charge in [-0.2, -0.15) is 0 Å². The Morgan fingerprint density at radius 3 is 3.20 bits per heavy atom. The van der Waals surface area contributed by atoms with Crippen LogP contribution < -0.4 is 0 Å². The highest BCUT2D eigenvalue weighted by Crippen LogP contribution is 2.25. The van der Waals surface area contributed by atoms with Crippen molar-refractivity contribution in [1.29, 1.82) is 0 Å². The standard InChI is InChI=1S/C7H7N2O/c1-2-7(4-8-3-1)5-9-10-6-7/h1,3-4H,2,6H2. The molecular weight excluding hydrogens is 128 g/mol. The average molecular weight is 135 g/mol. The molecule has 10 heavy (non-hydrogen) atoms. The maximum absolute atomic E-state index is 4.83. The molecule has 0 aromatic heterocycles. The van der Waals surface area contributed by atoms with Crippen molar-refractivity contribution in [1.82, 2.24) is 0 Å². The van der Waals surface area contributed by atoms with Gasteiger partial charge in [-0.05, 0) is 6.42 Å². The van der Waals surface area contributed by atoms with Crippen molar-refractivity contribution >= 4 is 12.4 Å². The molecule has 1 spiro atoms. The van der Waals surface area contributed by atoms with Crippen LogP contribution >= 0.6 is 0 Å². The predicted molar refractivity (Wildman–Crippen MR) is 38.1 cm³/mol. The molecule has 2 rings (SSSR count). The van der Waals surface area contributed by atoms with E-state index in [9.17, 15) is 0 Å². The molecule has 3 nitrogen and oxygen atoms in total. The summed E-state index contributed by atoms with van der Waals surface area (Å²) in [4.78, 5) is 8.83. The van der Waals surface area contributed by atoms with Crippen LogP contribution in [0.1, 0.15) is 6.42 Å². The van der Waals surface area contributed by atoms with E-state index in [1.54, 1.807) is 6.20 Å². The zero-order valence-electron chi connectivity index (χ0n) is 5.45. The lowest BCUT2D eigenvalue weighted by atomic mass is 9.88. The Hall–Kier alpha value is -1.12. The van der Waals surface area contributed by atoms with Crippen molar-refractivity contribution in [2.24, 2.45) is 15.6 Å². The molecule has 0 bridgehead atoms. The summed E-state index contributed by atoms with van der Waals surface area (Å²) in [6.45, 7) is 0.584. The zero-order valence-corrected chi connectivity index (χ0v) is 5.45. The fourth-order valence-electron chi connectivity index (χ4n) is 1.04. The quantitative estimate of drug-likeness (QED) is 0.485. The van der Waals surface area contributed by atoms with Gasteiger partial charge >= 0.3 is 0 Å². The van der Waals surface area contributed by atoms with Gasteiger partial charge in [-0.25, -0.2) is 0 Å². The fourth-order valence-corrected chi connectivity index (χ4v) is 1.04. The van der Waals surface area contributed by atoms with Gasteiger partial charge in [0.05, 0.1) is 5.41 Å². The van der Waals surface area contributed by atoms with E-state index in [2.05, 4.69) is 16.4 Å². The summed E-state index contributed by atoms with van der Waals surface area (Å²) >= 11 is 0. The summed E-state index contributed by atoms with van der Waals surface area (Å²) in [5, 5.41) is 3.59. The molecule has 1 unspecified atom stereocenters. The first-order valence-electron chi connectivity index (χ1n) is 3.20. The van der Waals surface area contributed by atoms with E-state index in [1.165, 1.54) is 0 Å². The van der Waals surface area contributed by atoms with E-state index in [0.29, 0.717) is 6.61 Å². The lowest BCUT2D eigenvalue weighted by molar-refractivity contribution is 0.143. The summed E-state index contributed by atoms with van der Waals surface area (Å²) in [5.74, 6) is 0. The molecule has 2 heterocycles. The molecule has 3 heteroatoms. The molecule has 1 radical (unpaired) electrons. The first-order chi connectivity index (χ1) is 4.91. The fraction of sp³-hybridized carbons (Fsp3) is 0.429. The SMILES string of the molecule is [C]1=NOCC12C=NC=CC2. The minimum absolute atomic E-state index is 0.144. The van der Waals surface area contributed by atoms with Gasteiger partial charge in [0, 0.05) is 12.4 Å². The Bertz CT molecular complexity index is 220. The Morgan fingerprint density at radius 2 is 2.60 bits per heavy atom. The molecule has 0 N–H and O–H groups in total. The van der Waals surface area contributed by atoms with Crippen LogP contribution in [0.5, 0.6) is 0 Å². The summed E-state index contributed by atoms with van der Waals surface area (Å²) in [7, 11) is 0. The number of hydrogen-bond acceptors (Lipinski definition) is 3. The highest BCUT2D eigenvalue weighted by atomic mass is 16.6. The van der Waals surface area contributed by atoms with Crippen LogP contribution in [0.15, 0.2) is 22.4 Å². The number of nitrogens with zero attached hydrogens (tertiary/aromatic N) is 2. The maximum atomic E-state index is 4.83. The lowest BCUT2D eigenvalue weighted by Crippen LogP contribution is -2.26. The number of hydrogen-bond donors (Lipinski definition) is 0. The third-order valence-electron chi connectivity index (χ3n) is 1.65. The van der Waals surface area contributed by atoms with Crippen LogP contribution in [0.25, 0.3) is 0 Å². The summed E-state index contributed by atoms with van der Waals surface area (Å²) in [6.07, 6.45) is 9.39. The largest absolute Gasteiger partial charge is 0.394 e. The molecule has 2 aliphatic heterocycles. The third-order valence-corrected chi connectivity index (χ3v) is 1.65. The minimum Gasteiger partial charge on any atom is -0.394 e. The van der Waals surface area contributed by atoms with Gasteiger partial charge in [0.2, 0.25) is 0 Å². The van der Waals surface area contributed by atoms with Gasteiger partial charge in [0.1, 0.15) is 12.8 Å². The second kappa shape index (κ2) is 1.94. The van der Waals surface area contributed by atoms with E-state index in [0.717, 1.165) is 6.42 Å². The molecule has 0 saturated carbocycles. The van der Waals surface area contributed by atoms with Crippen LogP contribution in [0, 0.1) is 5.41 Å². The molecule has 0 amide bonds. The normalized spacial score (nSPS) is 35.2. The van der Waals surface area contributed by atoms with Crippen molar-refractivity contribution in [3.63, 3.8) is 0 Å². The van der Waals surface area contributed by atoms with Gasteiger partial charge in [0.25, 0.3) is 0 Å². The van der Waals surface area contributed by atoms with Gasteiger partial charge in [-0.15, -0.1) is 0 Å². The Kier molecular flexibility index (Phi) is 1.09. The monoisotopic (exact) mass is 135 g/mol. The van der Waals surface area contributed by atoms with Gasteiger partial charge < -0.3 is 4.84 Å². The van der Waals surface area contributed by atoms with E-state index in [-0.39, 0.29) is 5.41 Å². The Balaban J connectivity index is 2.23. The van der Waals surface area contributed by atoms with Crippen LogP contribution in [0.4, 0.5) is 0 Å². The van der Waals surface area contributed by atoms with Crippen LogP contribution in [0.3, 0.4) is 0 Å². The smallest absolute Gasteiger partial charge is 0.133 e. The Morgan fingerprint density at radius 1 is 1.60 bits per heavy atom. The van der Waals surface area contributed by atoms with Crippen LogP contribution in [-0.2, 0) is 4.84 Å². The summed E-state index contributed by atoms with van der Waals surface area (Å²) in [5.41, 5.74) is -0.144. The highest BCUT2D eigenvalue weighted by Gasteiger charge is 2.32.